The van der Waals surface area contributed by atoms with E-state index >= 15 is 0 Å². The van der Waals surface area contributed by atoms with E-state index in [0.29, 0.717) is 28.2 Å². The maximum atomic E-state index is 12.9. The first-order valence-electron chi connectivity index (χ1n) is 9.99. The molecule has 6 nitrogen and oxygen atoms in total. The lowest BCUT2D eigenvalue weighted by molar-refractivity contribution is 0.393. The number of hydrogen-bond acceptors (Lipinski definition) is 6. The summed E-state index contributed by atoms with van der Waals surface area (Å²) in [6, 6.07) is 16.0. The quantitative estimate of drug-likeness (QED) is 0.316. The Kier molecular flexibility index (Phi) is 6.42. The van der Waals surface area contributed by atoms with Gasteiger partial charge in [-0.1, -0.05) is 40.2 Å². The molecule has 0 aliphatic rings. The van der Waals surface area contributed by atoms with Gasteiger partial charge in [0.25, 0.3) is 0 Å². The van der Waals surface area contributed by atoms with Gasteiger partial charge in [-0.2, -0.15) is 0 Å². The van der Waals surface area contributed by atoms with Gasteiger partial charge in [0.1, 0.15) is 22.8 Å². The highest BCUT2D eigenvalue weighted by molar-refractivity contribution is 9.10. The standard InChI is InChI=1S/C26H21BrO6/c1-30-18-9-5-15(6-10-18)4-7-16-12-19(31-2)14-22(32-3)23(16)26-25(29)24(28)20-11-8-17(27)13-21(20)33-26/h4-14,29H,1-3H3/b7-4+. The molecule has 0 amide bonds. The van der Waals surface area contributed by atoms with Gasteiger partial charge in [-0.15, -0.1) is 0 Å². The van der Waals surface area contributed by atoms with E-state index in [2.05, 4.69) is 15.9 Å². The molecule has 4 aromatic rings. The molecule has 3 aromatic carbocycles. The van der Waals surface area contributed by atoms with E-state index in [1.807, 2.05) is 36.4 Å². The van der Waals surface area contributed by atoms with Crippen LogP contribution in [0.3, 0.4) is 0 Å². The second kappa shape index (κ2) is 9.42. The molecule has 1 heterocycles. The zero-order chi connectivity index (χ0) is 23.5. The van der Waals surface area contributed by atoms with Crippen molar-refractivity contribution in [3.63, 3.8) is 0 Å². The summed E-state index contributed by atoms with van der Waals surface area (Å²) in [6.45, 7) is 0. The molecule has 0 spiro atoms. The Bertz CT molecular complexity index is 1400. The number of ether oxygens (including phenoxy) is 3. The van der Waals surface area contributed by atoms with Crippen LogP contribution in [-0.2, 0) is 0 Å². The van der Waals surface area contributed by atoms with Crippen molar-refractivity contribution in [1.82, 2.24) is 0 Å². The zero-order valence-electron chi connectivity index (χ0n) is 18.2. The minimum Gasteiger partial charge on any atom is -0.502 e. The van der Waals surface area contributed by atoms with E-state index in [1.165, 1.54) is 7.11 Å². The van der Waals surface area contributed by atoms with Gasteiger partial charge in [0.2, 0.25) is 11.2 Å². The number of benzene rings is 3. The summed E-state index contributed by atoms with van der Waals surface area (Å²) < 4.78 is 23.0. The fraction of sp³-hybridized carbons (Fsp3) is 0.115. The second-order valence-electron chi connectivity index (χ2n) is 7.15. The monoisotopic (exact) mass is 508 g/mol. The highest BCUT2D eigenvalue weighted by atomic mass is 79.9. The topological polar surface area (TPSA) is 78.1 Å². The fourth-order valence-corrected chi connectivity index (χ4v) is 3.83. The lowest BCUT2D eigenvalue weighted by Crippen LogP contribution is -2.04. The Morgan fingerprint density at radius 2 is 1.61 bits per heavy atom. The summed E-state index contributed by atoms with van der Waals surface area (Å²) in [5.74, 6) is 1.21. The van der Waals surface area contributed by atoms with Crippen molar-refractivity contribution in [2.24, 2.45) is 0 Å². The van der Waals surface area contributed by atoms with Gasteiger partial charge in [-0.05, 0) is 47.5 Å². The first-order valence-corrected chi connectivity index (χ1v) is 10.8. The third-order valence-corrected chi connectivity index (χ3v) is 5.68. The molecule has 0 radical (unpaired) electrons. The maximum Gasteiger partial charge on any atom is 0.235 e. The minimum absolute atomic E-state index is 0.0134. The van der Waals surface area contributed by atoms with Crippen molar-refractivity contribution >= 4 is 39.1 Å². The molecule has 1 aromatic heterocycles. The van der Waals surface area contributed by atoms with Gasteiger partial charge >= 0.3 is 0 Å². The lowest BCUT2D eigenvalue weighted by atomic mass is 10.00. The van der Waals surface area contributed by atoms with Crippen LogP contribution in [0.4, 0.5) is 0 Å². The van der Waals surface area contributed by atoms with Crippen molar-refractivity contribution in [2.75, 3.05) is 21.3 Å². The Morgan fingerprint density at radius 1 is 0.879 bits per heavy atom. The molecule has 0 aliphatic heterocycles. The van der Waals surface area contributed by atoms with E-state index in [0.717, 1.165) is 15.8 Å². The molecule has 0 saturated heterocycles. The Labute approximate surface area is 198 Å². The molecule has 0 fully saturated rings. The molecule has 33 heavy (non-hydrogen) atoms. The van der Waals surface area contributed by atoms with Gasteiger partial charge in [0.15, 0.2) is 5.76 Å². The van der Waals surface area contributed by atoms with E-state index in [4.69, 9.17) is 18.6 Å². The molecule has 0 atom stereocenters. The largest absolute Gasteiger partial charge is 0.502 e. The molecule has 0 aliphatic carbocycles. The summed E-state index contributed by atoms with van der Waals surface area (Å²) in [4.78, 5) is 12.9. The van der Waals surface area contributed by atoms with Crippen LogP contribution in [0, 0.1) is 0 Å². The number of halogens is 1. The molecule has 0 bridgehead atoms. The highest BCUT2D eigenvalue weighted by Crippen LogP contribution is 2.42. The molecular weight excluding hydrogens is 488 g/mol. The van der Waals surface area contributed by atoms with Gasteiger partial charge in [0.05, 0.1) is 32.3 Å². The first-order chi connectivity index (χ1) is 15.9. The fourth-order valence-electron chi connectivity index (χ4n) is 3.49. The van der Waals surface area contributed by atoms with Crippen LogP contribution >= 0.6 is 15.9 Å². The number of fused-ring (bicyclic) bond motifs is 1. The minimum atomic E-state index is -0.526. The van der Waals surface area contributed by atoms with Crippen molar-refractivity contribution in [2.45, 2.75) is 0 Å². The Morgan fingerprint density at radius 3 is 2.27 bits per heavy atom. The summed E-state index contributed by atoms with van der Waals surface area (Å²) in [6.07, 6.45) is 3.73. The predicted molar refractivity (Wildman–Crippen MR) is 132 cm³/mol. The van der Waals surface area contributed by atoms with Crippen molar-refractivity contribution < 1.29 is 23.7 Å². The van der Waals surface area contributed by atoms with E-state index in [1.54, 1.807) is 44.6 Å². The van der Waals surface area contributed by atoms with Crippen LogP contribution in [-0.4, -0.2) is 26.4 Å². The molecule has 4 rings (SSSR count). The SMILES string of the molecule is COc1ccc(/C=C/c2cc(OC)cc(OC)c2-c2oc3cc(Br)ccc3c(=O)c2O)cc1. The Balaban J connectivity index is 1.95. The Hall–Kier alpha value is -3.71. The maximum absolute atomic E-state index is 12.9. The van der Waals surface area contributed by atoms with Gasteiger partial charge in [0, 0.05) is 10.5 Å². The van der Waals surface area contributed by atoms with Crippen molar-refractivity contribution in [1.29, 1.82) is 0 Å². The second-order valence-corrected chi connectivity index (χ2v) is 8.07. The number of aromatic hydroxyl groups is 1. The van der Waals surface area contributed by atoms with Crippen molar-refractivity contribution in [3.05, 3.63) is 80.4 Å². The number of hydrogen-bond donors (Lipinski definition) is 1. The highest BCUT2D eigenvalue weighted by Gasteiger charge is 2.22. The summed E-state index contributed by atoms with van der Waals surface area (Å²) >= 11 is 3.39. The average molecular weight is 509 g/mol. The van der Waals surface area contributed by atoms with Crippen LogP contribution in [0.5, 0.6) is 23.0 Å². The molecule has 0 saturated carbocycles. The molecule has 7 heteroatoms. The normalized spacial score (nSPS) is 11.2. The summed E-state index contributed by atoms with van der Waals surface area (Å²) in [5, 5.41) is 11.1. The lowest BCUT2D eigenvalue weighted by Gasteiger charge is -2.15. The van der Waals surface area contributed by atoms with Crippen LogP contribution in [0.1, 0.15) is 11.1 Å². The molecule has 1 N–H and O–H groups in total. The van der Waals surface area contributed by atoms with Gasteiger partial charge < -0.3 is 23.7 Å². The summed E-state index contributed by atoms with van der Waals surface area (Å²) in [7, 11) is 4.67. The molecule has 168 valence electrons. The molecule has 0 unspecified atom stereocenters. The van der Waals surface area contributed by atoms with Gasteiger partial charge in [-0.25, -0.2) is 0 Å². The summed E-state index contributed by atoms with van der Waals surface area (Å²) in [5.41, 5.74) is 1.80. The van der Waals surface area contributed by atoms with Crippen LogP contribution in [0.15, 0.2) is 68.3 Å². The van der Waals surface area contributed by atoms with E-state index in [-0.39, 0.29) is 11.1 Å². The van der Waals surface area contributed by atoms with Gasteiger partial charge in [-0.3, -0.25) is 4.79 Å². The average Bonchev–Trinajstić information content (AvgIpc) is 2.84. The number of rotatable bonds is 6. The smallest absolute Gasteiger partial charge is 0.235 e. The van der Waals surface area contributed by atoms with E-state index < -0.39 is 11.2 Å². The first kappa shape index (κ1) is 22.5. The van der Waals surface area contributed by atoms with Crippen molar-refractivity contribution in [3.8, 4) is 34.3 Å². The third kappa shape index (κ3) is 4.45. The van der Waals surface area contributed by atoms with E-state index in [9.17, 15) is 9.90 Å². The van der Waals surface area contributed by atoms with Crippen LogP contribution in [0.2, 0.25) is 0 Å². The van der Waals surface area contributed by atoms with Crippen LogP contribution in [0.25, 0.3) is 34.4 Å². The predicted octanol–water partition coefficient (Wildman–Crippen LogP) is 6.12. The zero-order valence-corrected chi connectivity index (χ0v) is 19.8. The third-order valence-electron chi connectivity index (χ3n) is 5.19. The number of methoxy groups -OCH3 is 3. The van der Waals surface area contributed by atoms with Crippen LogP contribution < -0.4 is 19.6 Å². The molecular formula is C26H21BrO6.